The number of piperidine rings is 1. The molecule has 0 aromatic heterocycles. The Hall–Kier alpha value is -2.01. The highest BCUT2D eigenvalue weighted by molar-refractivity contribution is 5.84. The number of ether oxygens (including phenoxy) is 2. The van der Waals surface area contributed by atoms with E-state index in [9.17, 15) is 4.79 Å². The zero-order chi connectivity index (χ0) is 18.6. The van der Waals surface area contributed by atoms with Crippen molar-refractivity contribution in [2.45, 2.75) is 39.7 Å². The molecule has 2 heterocycles. The van der Waals surface area contributed by atoms with Crippen molar-refractivity contribution in [3.8, 4) is 11.5 Å². The van der Waals surface area contributed by atoms with Gasteiger partial charge < -0.3 is 14.8 Å². The molecule has 1 aromatic rings. The Morgan fingerprint density at radius 2 is 2.15 bits per heavy atom. The van der Waals surface area contributed by atoms with Crippen molar-refractivity contribution >= 4 is 5.91 Å². The van der Waals surface area contributed by atoms with Crippen molar-refractivity contribution in [1.82, 2.24) is 10.2 Å². The molecule has 26 heavy (non-hydrogen) atoms. The highest BCUT2D eigenvalue weighted by Gasteiger charge is 2.45. The lowest BCUT2D eigenvalue weighted by Gasteiger charge is -2.32. The van der Waals surface area contributed by atoms with Gasteiger partial charge in [0.25, 0.3) is 0 Å². The predicted octanol–water partition coefficient (Wildman–Crippen LogP) is 3.14. The fraction of sp³-hybridized carbons (Fsp3) is 0.571. The molecule has 3 rings (SSSR count). The Morgan fingerprint density at radius 3 is 2.88 bits per heavy atom. The number of carbonyl (C=O) groups is 1. The van der Waals surface area contributed by atoms with Gasteiger partial charge in [-0.05, 0) is 63.4 Å². The number of methoxy groups -OCH3 is 1. The van der Waals surface area contributed by atoms with Crippen LogP contribution >= 0.6 is 0 Å². The monoisotopic (exact) mass is 358 g/mol. The molecule has 1 N–H and O–H groups in total. The minimum atomic E-state index is -0.171. The van der Waals surface area contributed by atoms with Crippen LogP contribution < -0.4 is 14.8 Å². The number of allylic oxidation sites excluding steroid dienone is 1. The van der Waals surface area contributed by atoms with E-state index < -0.39 is 0 Å². The average Bonchev–Trinajstić information content (AvgIpc) is 3.02. The second kappa shape index (κ2) is 8.12. The standard InChI is InChI=1S/C21H30N2O3/c1-16(2)7-12-26-18-6-5-17(13-19(18)25-3)14-23-11-9-21(15-23)8-4-10-22-20(21)24/h5-7,13H,4,8-12,14-15H2,1-3H3,(H,22,24)/t21-/m1/s1. The lowest BCUT2D eigenvalue weighted by molar-refractivity contribution is -0.132. The van der Waals surface area contributed by atoms with Gasteiger partial charge in [0, 0.05) is 19.6 Å². The van der Waals surface area contributed by atoms with Crippen LogP contribution in [0.2, 0.25) is 0 Å². The van der Waals surface area contributed by atoms with Crippen molar-refractivity contribution < 1.29 is 14.3 Å². The van der Waals surface area contributed by atoms with E-state index in [1.165, 1.54) is 11.1 Å². The lowest BCUT2D eigenvalue weighted by Crippen LogP contribution is -2.47. The Bertz CT molecular complexity index is 682. The third-order valence-electron chi connectivity index (χ3n) is 5.40. The summed E-state index contributed by atoms with van der Waals surface area (Å²) in [5, 5.41) is 3.05. The minimum Gasteiger partial charge on any atom is -0.493 e. The average molecular weight is 358 g/mol. The van der Waals surface area contributed by atoms with E-state index in [0.29, 0.717) is 6.61 Å². The molecule has 1 atom stereocenters. The normalized spacial score (nSPS) is 23.0. The number of amides is 1. The fourth-order valence-electron chi connectivity index (χ4n) is 3.90. The Morgan fingerprint density at radius 1 is 1.31 bits per heavy atom. The van der Waals surface area contributed by atoms with Crippen molar-refractivity contribution in [3.05, 3.63) is 35.4 Å². The Balaban J connectivity index is 1.63. The first-order valence-corrected chi connectivity index (χ1v) is 9.46. The van der Waals surface area contributed by atoms with Crippen LogP contribution in [0.5, 0.6) is 11.5 Å². The van der Waals surface area contributed by atoms with Crippen molar-refractivity contribution in [1.29, 1.82) is 0 Å². The highest BCUT2D eigenvalue weighted by Crippen LogP contribution is 2.38. The van der Waals surface area contributed by atoms with Crippen LogP contribution in [0, 0.1) is 5.41 Å². The lowest BCUT2D eigenvalue weighted by atomic mass is 9.79. The molecule has 2 fully saturated rings. The van der Waals surface area contributed by atoms with Crippen LogP contribution in [0.25, 0.3) is 0 Å². The number of rotatable bonds is 6. The highest BCUT2D eigenvalue weighted by atomic mass is 16.5. The molecule has 2 aliphatic rings. The Kier molecular flexibility index (Phi) is 5.87. The van der Waals surface area contributed by atoms with Gasteiger partial charge in [0.2, 0.25) is 5.91 Å². The zero-order valence-electron chi connectivity index (χ0n) is 16.1. The van der Waals surface area contributed by atoms with E-state index in [-0.39, 0.29) is 11.3 Å². The molecule has 1 amide bonds. The number of carbonyl (C=O) groups excluding carboxylic acids is 1. The summed E-state index contributed by atoms with van der Waals surface area (Å²) >= 11 is 0. The van der Waals surface area contributed by atoms with Crippen LogP contribution in [0.3, 0.4) is 0 Å². The van der Waals surface area contributed by atoms with Gasteiger partial charge >= 0.3 is 0 Å². The maximum Gasteiger partial charge on any atom is 0.227 e. The summed E-state index contributed by atoms with van der Waals surface area (Å²) in [6.45, 7) is 8.13. The minimum absolute atomic E-state index is 0.171. The second-order valence-corrected chi connectivity index (χ2v) is 7.68. The van der Waals surface area contributed by atoms with Crippen molar-refractivity contribution in [3.63, 3.8) is 0 Å². The SMILES string of the molecule is COc1cc(CN2CC[C@]3(CCCNC3=O)C2)ccc1OCC=C(C)C. The van der Waals surface area contributed by atoms with Crippen LogP contribution in [-0.2, 0) is 11.3 Å². The molecular formula is C21H30N2O3. The fourth-order valence-corrected chi connectivity index (χ4v) is 3.90. The largest absolute Gasteiger partial charge is 0.493 e. The molecule has 2 aliphatic heterocycles. The summed E-state index contributed by atoms with van der Waals surface area (Å²) in [6, 6.07) is 6.11. The van der Waals surface area contributed by atoms with Crippen LogP contribution in [0.1, 0.15) is 38.7 Å². The first-order chi connectivity index (χ1) is 12.5. The van der Waals surface area contributed by atoms with Crippen LogP contribution in [0.15, 0.2) is 29.8 Å². The van der Waals surface area contributed by atoms with E-state index >= 15 is 0 Å². The summed E-state index contributed by atoms with van der Waals surface area (Å²) < 4.78 is 11.3. The van der Waals surface area contributed by atoms with E-state index in [0.717, 1.165) is 56.9 Å². The second-order valence-electron chi connectivity index (χ2n) is 7.68. The third kappa shape index (κ3) is 4.21. The summed E-state index contributed by atoms with van der Waals surface area (Å²) in [7, 11) is 1.67. The smallest absolute Gasteiger partial charge is 0.227 e. The summed E-state index contributed by atoms with van der Waals surface area (Å²) in [6.07, 6.45) is 5.10. The maximum atomic E-state index is 12.3. The van der Waals surface area contributed by atoms with Gasteiger partial charge in [-0.1, -0.05) is 11.6 Å². The molecule has 0 saturated carbocycles. The zero-order valence-corrected chi connectivity index (χ0v) is 16.1. The summed E-state index contributed by atoms with van der Waals surface area (Å²) in [5.41, 5.74) is 2.25. The van der Waals surface area contributed by atoms with Crippen LogP contribution in [0.4, 0.5) is 0 Å². The Labute approximate surface area is 156 Å². The number of likely N-dealkylation sites (tertiary alicyclic amines) is 1. The van der Waals surface area contributed by atoms with E-state index in [2.05, 4.69) is 30.1 Å². The molecular weight excluding hydrogens is 328 g/mol. The van der Waals surface area contributed by atoms with Crippen LogP contribution in [-0.4, -0.2) is 44.2 Å². The third-order valence-corrected chi connectivity index (χ3v) is 5.40. The van der Waals surface area contributed by atoms with Gasteiger partial charge in [0.1, 0.15) is 6.61 Å². The first kappa shape index (κ1) is 18.8. The maximum absolute atomic E-state index is 12.3. The van der Waals surface area contributed by atoms with E-state index in [1.807, 2.05) is 18.2 Å². The molecule has 5 nitrogen and oxygen atoms in total. The number of hydrogen-bond donors (Lipinski definition) is 1. The molecule has 0 bridgehead atoms. The first-order valence-electron chi connectivity index (χ1n) is 9.46. The molecule has 1 aromatic carbocycles. The molecule has 0 aliphatic carbocycles. The van der Waals surface area contributed by atoms with Gasteiger partial charge in [-0.3, -0.25) is 9.69 Å². The van der Waals surface area contributed by atoms with Gasteiger partial charge in [0.05, 0.1) is 12.5 Å². The number of nitrogens with one attached hydrogen (secondary N) is 1. The quantitative estimate of drug-likeness (QED) is 0.794. The number of benzene rings is 1. The van der Waals surface area contributed by atoms with Crippen molar-refractivity contribution in [2.24, 2.45) is 5.41 Å². The number of hydrogen-bond acceptors (Lipinski definition) is 4. The summed E-state index contributed by atoms with van der Waals surface area (Å²) in [5.74, 6) is 1.76. The molecule has 1 spiro atoms. The van der Waals surface area contributed by atoms with E-state index in [4.69, 9.17) is 9.47 Å². The van der Waals surface area contributed by atoms with Gasteiger partial charge in [-0.2, -0.15) is 0 Å². The molecule has 0 radical (unpaired) electrons. The molecule has 142 valence electrons. The van der Waals surface area contributed by atoms with Gasteiger partial charge in [-0.15, -0.1) is 0 Å². The molecule has 2 saturated heterocycles. The van der Waals surface area contributed by atoms with Crippen molar-refractivity contribution in [2.75, 3.05) is 33.4 Å². The predicted molar refractivity (Wildman–Crippen MR) is 102 cm³/mol. The number of nitrogens with zero attached hydrogens (tertiary/aromatic N) is 1. The van der Waals surface area contributed by atoms with Gasteiger partial charge in [-0.25, -0.2) is 0 Å². The molecule has 0 unspecified atom stereocenters. The van der Waals surface area contributed by atoms with Gasteiger partial charge in [0.15, 0.2) is 11.5 Å². The molecule has 5 heteroatoms. The topological polar surface area (TPSA) is 50.8 Å². The van der Waals surface area contributed by atoms with E-state index in [1.54, 1.807) is 7.11 Å². The summed E-state index contributed by atoms with van der Waals surface area (Å²) in [4.78, 5) is 14.7.